The second-order valence-electron chi connectivity index (χ2n) is 8.65. The average molecular weight is 490 g/mol. The van der Waals surface area contributed by atoms with Crippen molar-refractivity contribution in [3.63, 3.8) is 0 Å². The Balaban J connectivity index is 1.94. The molecule has 7 nitrogen and oxygen atoms in total. The predicted molar refractivity (Wildman–Crippen MR) is 134 cm³/mol. The van der Waals surface area contributed by atoms with Gasteiger partial charge in [-0.2, -0.15) is 0 Å². The zero-order chi connectivity index (χ0) is 25.3. The summed E-state index contributed by atoms with van der Waals surface area (Å²) in [5.41, 5.74) is 1.25. The van der Waals surface area contributed by atoms with Crippen molar-refractivity contribution in [1.29, 1.82) is 0 Å². The summed E-state index contributed by atoms with van der Waals surface area (Å²) in [7, 11) is 0. The molecule has 2 aromatic carbocycles. The van der Waals surface area contributed by atoms with Gasteiger partial charge in [0.15, 0.2) is 0 Å². The number of nitrogens with one attached hydrogen (secondary N) is 2. The highest BCUT2D eigenvalue weighted by atomic mass is 32.2. The minimum atomic E-state index is -0.603. The molecular weight excluding hydrogens is 457 g/mol. The molecule has 34 heavy (non-hydrogen) atoms. The van der Waals surface area contributed by atoms with E-state index in [-0.39, 0.29) is 29.9 Å². The second-order valence-corrected chi connectivity index (χ2v) is 9.98. The normalized spacial score (nSPS) is 11.9. The first kappa shape index (κ1) is 27.2. The monoisotopic (exact) mass is 489 g/mol. The Bertz CT molecular complexity index is 992. The van der Waals surface area contributed by atoms with Crippen molar-refractivity contribution in [2.75, 3.05) is 22.9 Å². The minimum absolute atomic E-state index is 0.0653. The van der Waals surface area contributed by atoms with Crippen LogP contribution in [0.3, 0.4) is 0 Å². The molecule has 0 saturated heterocycles. The molecule has 0 radical (unpaired) electrons. The fraction of sp³-hybridized carbons (Fsp3) is 0.400. The van der Waals surface area contributed by atoms with E-state index in [1.165, 1.54) is 36.0 Å². The maximum Gasteiger partial charge on any atom is 0.410 e. The topological polar surface area (TPSA) is 87.7 Å². The van der Waals surface area contributed by atoms with Crippen molar-refractivity contribution in [2.45, 2.75) is 52.0 Å². The van der Waals surface area contributed by atoms with Crippen molar-refractivity contribution < 1.29 is 23.5 Å². The SMILES string of the molecule is CCN(Cc1ccccc1NC(=O)C(C)SCC(=O)Nc1ccc(F)cc1)C(=O)OC(C)(C)C. The molecule has 0 heterocycles. The third-order valence-electron chi connectivity index (χ3n) is 4.63. The summed E-state index contributed by atoms with van der Waals surface area (Å²) in [5, 5.41) is 5.06. The van der Waals surface area contributed by atoms with Crippen LogP contribution in [-0.4, -0.2) is 46.0 Å². The van der Waals surface area contributed by atoms with Crippen LogP contribution < -0.4 is 10.6 Å². The van der Waals surface area contributed by atoms with Crippen LogP contribution in [0.1, 0.15) is 40.2 Å². The lowest BCUT2D eigenvalue weighted by molar-refractivity contribution is -0.115. The number of hydrogen-bond donors (Lipinski definition) is 2. The van der Waals surface area contributed by atoms with Gasteiger partial charge in [-0.05, 0) is 70.5 Å². The van der Waals surface area contributed by atoms with Crippen molar-refractivity contribution in [1.82, 2.24) is 4.90 Å². The number of para-hydroxylation sites is 1. The Kier molecular flexibility index (Phi) is 9.92. The lowest BCUT2D eigenvalue weighted by Crippen LogP contribution is -2.36. The average Bonchev–Trinajstić information content (AvgIpc) is 2.77. The lowest BCUT2D eigenvalue weighted by atomic mass is 10.1. The summed E-state index contributed by atoms with van der Waals surface area (Å²) in [6.07, 6.45) is -0.424. The van der Waals surface area contributed by atoms with Crippen LogP contribution in [0.15, 0.2) is 48.5 Å². The van der Waals surface area contributed by atoms with E-state index in [9.17, 15) is 18.8 Å². The highest BCUT2D eigenvalue weighted by Crippen LogP contribution is 2.21. The molecule has 2 rings (SSSR count). The van der Waals surface area contributed by atoms with Gasteiger partial charge in [-0.1, -0.05) is 18.2 Å². The van der Waals surface area contributed by atoms with Gasteiger partial charge < -0.3 is 20.3 Å². The van der Waals surface area contributed by atoms with E-state index in [4.69, 9.17) is 4.74 Å². The molecule has 0 saturated carbocycles. The number of nitrogens with zero attached hydrogens (tertiary/aromatic N) is 1. The molecule has 184 valence electrons. The summed E-state index contributed by atoms with van der Waals surface area (Å²) in [4.78, 5) is 38.9. The molecule has 1 atom stereocenters. The first-order valence-corrected chi connectivity index (χ1v) is 12.1. The third kappa shape index (κ3) is 9.05. The van der Waals surface area contributed by atoms with Crippen molar-refractivity contribution in [3.8, 4) is 0 Å². The van der Waals surface area contributed by atoms with E-state index in [1.54, 1.807) is 24.0 Å². The molecule has 0 spiro atoms. The molecule has 3 amide bonds. The molecule has 0 aliphatic carbocycles. The first-order chi connectivity index (χ1) is 16.0. The van der Waals surface area contributed by atoms with Crippen LogP contribution in [0.4, 0.5) is 20.6 Å². The van der Waals surface area contributed by atoms with Gasteiger partial charge in [-0.25, -0.2) is 9.18 Å². The fourth-order valence-electron chi connectivity index (χ4n) is 2.86. The van der Waals surface area contributed by atoms with Crippen LogP contribution in [0.2, 0.25) is 0 Å². The number of thioether (sulfide) groups is 1. The Labute approximate surface area is 204 Å². The summed E-state index contributed by atoms with van der Waals surface area (Å²) < 4.78 is 18.4. The summed E-state index contributed by atoms with van der Waals surface area (Å²) in [5.74, 6) is -0.860. The lowest BCUT2D eigenvalue weighted by Gasteiger charge is -2.27. The largest absolute Gasteiger partial charge is 0.444 e. The van der Waals surface area contributed by atoms with Gasteiger partial charge in [0, 0.05) is 17.9 Å². The van der Waals surface area contributed by atoms with Gasteiger partial charge in [0.1, 0.15) is 11.4 Å². The Morgan fingerprint density at radius 3 is 2.32 bits per heavy atom. The van der Waals surface area contributed by atoms with E-state index in [0.29, 0.717) is 17.9 Å². The first-order valence-electron chi connectivity index (χ1n) is 11.0. The molecule has 0 aromatic heterocycles. The Morgan fingerprint density at radius 1 is 1.06 bits per heavy atom. The Hall–Kier alpha value is -3.07. The van der Waals surface area contributed by atoms with Crippen LogP contribution in [0.5, 0.6) is 0 Å². The zero-order valence-electron chi connectivity index (χ0n) is 20.2. The smallest absolute Gasteiger partial charge is 0.410 e. The van der Waals surface area contributed by atoms with Gasteiger partial charge in [0.25, 0.3) is 0 Å². The van der Waals surface area contributed by atoms with Crippen LogP contribution in [-0.2, 0) is 20.9 Å². The Morgan fingerprint density at radius 2 is 1.71 bits per heavy atom. The molecule has 0 aliphatic rings. The van der Waals surface area contributed by atoms with E-state index in [0.717, 1.165) is 5.56 Å². The van der Waals surface area contributed by atoms with Gasteiger partial charge >= 0.3 is 6.09 Å². The molecule has 1 unspecified atom stereocenters. The third-order valence-corrected chi connectivity index (χ3v) is 5.77. The standard InChI is InChI=1S/C25H32FN3O4S/c1-6-29(24(32)33-25(3,4)5)15-18-9-7-8-10-21(18)28-23(31)17(2)34-16-22(30)27-20-13-11-19(26)12-14-20/h7-14,17H,6,15-16H2,1-5H3,(H,27,30)(H,28,31). The second kappa shape index (κ2) is 12.4. The van der Waals surface area contributed by atoms with Crippen molar-refractivity contribution in [2.24, 2.45) is 0 Å². The van der Waals surface area contributed by atoms with Gasteiger partial charge in [0.2, 0.25) is 11.8 Å². The van der Waals surface area contributed by atoms with E-state index in [2.05, 4.69) is 10.6 Å². The number of halogens is 1. The van der Waals surface area contributed by atoms with Crippen molar-refractivity contribution in [3.05, 3.63) is 59.9 Å². The molecular formula is C25H32FN3O4S. The number of ether oxygens (including phenoxy) is 1. The van der Waals surface area contributed by atoms with Crippen LogP contribution >= 0.6 is 11.8 Å². The molecule has 2 N–H and O–H groups in total. The van der Waals surface area contributed by atoms with Crippen molar-refractivity contribution >= 4 is 41.0 Å². The number of amides is 3. The van der Waals surface area contributed by atoms with E-state index >= 15 is 0 Å². The zero-order valence-corrected chi connectivity index (χ0v) is 21.0. The molecule has 2 aromatic rings. The molecule has 9 heteroatoms. The van der Waals surface area contributed by atoms with Gasteiger partial charge in [-0.3, -0.25) is 9.59 Å². The molecule has 0 bridgehead atoms. The number of anilines is 2. The van der Waals surface area contributed by atoms with E-state index < -0.39 is 16.9 Å². The quantitative estimate of drug-likeness (QED) is 0.500. The highest BCUT2D eigenvalue weighted by Gasteiger charge is 2.23. The molecule has 0 aliphatic heterocycles. The predicted octanol–water partition coefficient (Wildman–Crippen LogP) is 5.28. The molecule has 0 fully saturated rings. The van der Waals surface area contributed by atoms with Gasteiger partial charge in [-0.15, -0.1) is 11.8 Å². The number of benzene rings is 2. The van der Waals surface area contributed by atoms with E-state index in [1.807, 2.05) is 39.8 Å². The van der Waals surface area contributed by atoms with Gasteiger partial charge in [0.05, 0.1) is 17.5 Å². The maximum atomic E-state index is 13.0. The highest BCUT2D eigenvalue weighted by molar-refractivity contribution is 8.01. The fourth-order valence-corrected chi connectivity index (χ4v) is 3.54. The summed E-state index contributed by atoms with van der Waals surface area (Å²) >= 11 is 1.19. The van der Waals surface area contributed by atoms with Crippen LogP contribution in [0.25, 0.3) is 0 Å². The summed E-state index contributed by atoms with van der Waals surface area (Å²) in [6, 6.07) is 12.7. The number of rotatable bonds is 9. The summed E-state index contributed by atoms with van der Waals surface area (Å²) in [6.45, 7) is 9.74. The number of carbonyl (C=O) groups is 3. The van der Waals surface area contributed by atoms with Crippen LogP contribution in [0, 0.1) is 5.82 Å². The number of hydrogen-bond acceptors (Lipinski definition) is 5. The number of carbonyl (C=O) groups excluding carboxylic acids is 3. The minimum Gasteiger partial charge on any atom is -0.444 e. The maximum absolute atomic E-state index is 13.0.